The van der Waals surface area contributed by atoms with Crippen LogP contribution in [0.5, 0.6) is 0 Å². The number of nitrogens with one attached hydrogen (secondary N) is 1. The molecule has 0 unspecified atom stereocenters. The van der Waals surface area contributed by atoms with Crippen LogP contribution in [0.3, 0.4) is 0 Å². The number of rotatable bonds is 8. The molecule has 32 heavy (non-hydrogen) atoms. The molecule has 0 atom stereocenters. The van der Waals surface area contributed by atoms with E-state index in [4.69, 9.17) is 0 Å². The Morgan fingerprint density at radius 3 is 2.31 bits per heavy atom. The van der Waals surface area contributed by atoms with Crippen molar-refractivity contribution in [3.63, 3.8) is 0 Å². The van der Waals surface area contributed by atoms with Gasteiger partial charge < -0.3 is 5.32 Å². The molecule has 4 nitrogen and oxygen atoms in total. The molecule has 0 aliphatic heterocycles. The quantitative estimate of drug-likeness (QED) is 0.413. The zero-order chi connectivity index (χ0) is 23.1. The SMILES string of the molecule is CC(C)=CCC/C(C)=C/CNC(=O)c1cncn1-c1ccc(-c2cc(C)cc(C)c2)cc1. The van der Waals surface area contributed by atoms with E-state index in [0.717, 1.165) is 24.1 Å². The summed E-state index contributed by atoms with van der Waals surface area (Å²) >= 11 is 0. The molecule has 4 heteroatoms. The van der Waals surface area contributed by atoms with E-state index in [0.29, 0.717) is 12.2 Å². The van der Waals surface area contributed by atoms with Crippen molar-refractivity contribution < 1.29 is 4.79 Å². The molecule has 2 aromatic carbocycles. The molecule has 0 saturated carbocycles. The molecule has 1 amide bonds. The van der Waals surface area contributed by atoms with Gasteiger partial charge in [-0.25, -0.2) is 4.98 Å². The number of hydrogen-bond donors (Lipinski definition) is 1. The minimum absolute atomic E-state index is 0.130. The lowest BCUT2D eigenvalue weighted by molar-refractivity contribution is 0.0951. The van der Waals surface area contributed by atoms with Gasteiger partial charge in [0.05, 0.1) is 12.5 Å². The van der Waals surface area contributed by atoms with E-state index in [1.807, 2.05) is 16.7 Å². The van der Waals surface area contributed by atoms with Gasteiger partial charge in [0.1, 0.15) is 5.69 Å². The first kappa shape index (κ1) is 23.3. The second-order valence-corrected chi connectivity index (χ2v) is 8.65. The molecule has 0 aliphatic rings. The Balaban J connectivity index is 1.67. The summed E-state index contributed by atoms with van der Waals surface area (Å²) in [7, 11) is 0. The van der Waals surface area contributed by atoms with Crippen molar-refractivity contribution in [2.75, 3.05) is 6.54 Å². The van der Waals surface area contributed by atoms with Gasteiger partial charge >= 0.3 is 0 Å². The Bertz CT molecular complexity index is 1110. The standard InChI is InChI=1S/C28H33N3O/c1-20(2)7-6-8-21(3)13-14-30-28(32)27-18-29-19-31(27)26-11-9-24(10-12-26)25-16-22(4)15-23(5)17-25/h7,9-13,15-19H,6,8,14H2,1-5H3,(H,30,32)/b21-13+. The predicted molar refractivity (Wildman–Crippen MR) is 133 cm³/mol. The monoisotopic (exact) mass is 427 g/mol. The molecule has 3 rings (SSSR count). The minimum Gasteiger partial charge on any atom is -0.347 e. The Kier molecular flexibility index (Phi) is 7.82. The highest BCUT2D eigenvalue weighted by Crippen LogP contribution is 2.24. The van der Waals surface area contributed by atoms with E-state index in [1.165, 1.54) is 27.8 Å². The summed E-state index contributed by atoms with van der Waals surface area (Å²) in [4.78, 5) is 16.9. The van der Waals surface area contributed by atoms with Crippen molar-refractivity contribution in [1.29, 1.82) is 0 Å². The van der Waals surface area contributed by atoms with Crippen LogP contribution in [0.15, 0.2) is 78.3 Å². The largest absolute Gasteiger partial charge is 0.347 e. The fraction of sp³-hybridized carbons (Fsp3) is 0.286. The molecule has 0 aliphatic carbocycles. The third-order valence-electron chi connectivity index (χ3n) is 5.38. The molecule has 0 bridgehead atoms. The van der Waals surface area contributed by atoms with Gasteiger partial charge in [-0.2, -0.15) is 0 Å². The molecule has 0 saturated heterocycles. The van der Waals surface area contributed by atoms with E-state index in [-0.39, 0.29) is 5.91 Å². The van der Waals surface area contributed by atoms with E-state index in [2.05, 4.69) is 87.4 Å². The van der Waals surface area contributed by atoms with Crippen molar-refractivity contribution in [3.05, 3.63) is 95.1 Å². The van der Waals surface area contributed by atoms with Crippen molar-refractivity contribution in [2.24, 2.45) is 0 Å². The van der Waals surface area contributed by atoms with Crippen LogP contribution in [0, 0.1) is 13.8 Å². The Labute approximate surface area is 191 Å². The zero-order valence-corrected chi connectivity index (χ0v) is 19.8. The molecule has 0 radical (unpaired) electrons. The van der Waals surface area contributed by atoms with E-state index < -0.39 is 0 Å². The second-order valence-electron chi connectivity index (χ2n) is 8.65. The molecule has 1 aromatic heterocycles. The summed E-state index contributed by atoms with van der Waals surface area (Å²) in [5.74, 6) is -0.130. The van der Waals surface area contributed by atoms with Crippen molar-refractivity contribution >= 4 is 5.91 Å². The Morgan fingerprint density at radius 1 is 0.969 bits per heavy atom. The lowest BCUT2D eigenvalue weighted by Gasteiger charge is -2.10. The number of hydrogen-bond acceptors (Lipinski definition) is 2. The first-order chi connectivity index (χ1) is 15.3. The normalized spacial score (nSPS) is 11.3. The minimum atomic E-state index is -0.130. The van der Waals surface area contributed by atoms with Crippen molar-refractivity contribution in [3.8, 4) is 16.8 Å². The molecule has 0 fully saturated rings. The zero-order valence-electron chi connectivity index (χ0n) is 19.8. The number of aromatic nitrogens is 2. The van der Waals surface area contributed by atoms with Gasteiger partial charge in [0, 0.05) is 12.2 Å². The fourth-order valence-electron chi connectivity index (χ4n) is 3.72. The molecular weight excluding hydrogens is 394 g/mol. The summed E-state index contributed by atoms with van der Waals surface area (Å²) in [6.07, 6.45) is 9.64. The number of imidazole rings is 1. The van der Waals surface area contributed by atoms with Gasteiger partial charge in [-0.1, -0.05) is 64.8 Å². The van der Waals surface area contributed by atoms with Crippen LogP contribution in [0.2, 0.25) is 0 Å². The summed E-state index contributed by atoms with van der Waals surface area (Å²) in [6.45, 7) is 11.1. The number of benzene rings is 2. The summed E-state index contributed by atoms with van der Waals surface area (Å²) in [5.41, 5.74) is 8.90. The maximum Gasteiger partial charge on any atom is 0.270 e. The highest BCUT2D eigenvalue weighted by atomic mass is 16.1. The number of carbonyl (C=O) groups is 1. The summed E-state index contributed by atoms with van der Waals surface area (Å²) in [5, 5.41) is 2.98. The summed E-state index contributed by atoms with van der Waals surface area (Å²) in [6, 6.07) is 14.8. The van der Waals surface area contributed by atoms with E-state index in [1.54, 1.807) is 12.5 Å². The van der Waals surface area contributed by atoms with Crippen molar-refractivity contribution in [2.45, 2.75) is 47.5 Å². The Hall–Kier alpha value is -3.40. The van der Waals surface area contributed by atoms with Crippen LogP contribution in [-0.2, 0) is 0 Å². The van der Waals surface area contributed by atoms with E-state index in [9.17, 15) is 4.79 Å². The van der Waals surface area contributed by atoms with Gasteiger partial charge in [-0.3, -0.25) is 9.36 Å². The van der Waals surface area contributed by atoms with Gasteiger partial charge in [-0.05, 0) is 70.7 Å². The van der Waals surface area contributed by atoms with E-state index >= 15 is 0 Å². The molecule has 0 spiro atoms. The number of carbonyl (C=O) groups excluding carboxylic acids is 1. The molecule has 1 N–H and O–H groups in total. The molecular formula is C28H33N3O. The lowest BCUT2D eigenvalue weighted by atomic mass is 10.0. The predicted octanol–water partition coefficient (Wildman–Crippen LogP) is 6.58. The third-order valence-corrected chi connectivity index (χ3v) is 5.38. The van der Waals surface area contributed by atoms with Crippen molar-refractivity contribution in [1.82, 2.24) is 14.9 Å². The third kappa shape index (κ3) is 6.30. The number of aryl methyl sites for hydroxylation is 2. The van der Waals surface area contributed by atoms with Gasteiger partial charge in [0.15, 0.2) is 0 Å². The number of amides is 1. The Morgan fingerprint density at radius 2 is 1.66 bits per heavy atom. The van der Waals surface area contributed by atoms with Gasteiger partial charge in [-0.15, -0.1) is 0 Å². The first-order valence-corrected chi connectivity index (χ1v) is 11.1. The first-order valence-electron chi connectivity index (χ1n) is 11.1. The lowest BCUT2D eigenvalue weighted by Crippen LogP contribution is -2.25. The van der Waals surface area contributed by atoms with Crippen LogP contribution in [0.4, 0.5) is 0 Å². The number of nitrogens with zero attached hydrogens (tertiary/aromatic N) is 2. The van der Waals surface area contributed by atoms with Gasteiger partial charge in [0.25, 0.3) is 5.91 Å². The molecule has 3 aromatic rings. The summed E-state index contributed by atoms with van der Waals surface area (Å²) < 4.78 is 1.83. The van der Waals surface area contributed by atoms with Crippen LogP contribution >= 0.6 is 0 Å². The number of allylic oxidation sites excluding steroid dienone is 3. The van der Waals surface area contributed by atoms with Crippen LogP contribution < -0.4 is 5.32 Å². The maximum absolute atomic E-state index is 12.7. The fourth-order valence-corrected chi connectivity index (χ4v) is 3.72. The highest BCUT2D eigenvalue weighted by Gasteiger charge is 2.12. The highest BCUT2D eigenvalue weighted by molar-refractivity contribution is 5.93. The molecule has 1 heterocycles. The van der Waals surface area contributed by atoms with Crippen LogP contribution in [0.1, 0.15) is 55.2 Å². The van der Waals surface area contributed by atoms with Gasteiger partial charge in [0.2, 0.25) is 0 Å². The molecule has 166 valence electrons. The smallest absolute Gasteiger partial charge is 0.270 e. The average Bonchev–Trinajstić information content (AvgIpc) is 3.23. The second kappa shape index (κ2) is 10.8. The topological polar surface area (TPSA) is 46.9 Å². The average molecular weight is 428 g/mol. The van der Waals surface area contributed by atoms with Crippen LogP contribution in [0.25, 0.3) is 16.8 Å². The maximum atomic E-state index is 12.7. The van der Waals surface area contributed by atoms with Crippen LogP contribution in [-0.4, -0.2) is 22.0 Å².